The van der Waals surface area contributed by atoms with Crippen molar-refractivity contribution in [3.63, 3.8) is 0 Å². The summed E-state index contributed by atoms with van der Waals surface area (Å²) in [5, 5.41) is 12.1. The van der Waals surface area contributed by atoms with Crippen LogP contribution >= 0.6 is 0 Å². The summed E-state index contributed by atoms with van der Waals surface area (Å²) in [5.41, 5.74) is 5.79. The molecule has 0 radical (unpaired) electrons. The normalized spacial score (nSPS) is 13.7. The summed E-state index contributed by atoms with van der Waals surface area (Å²) in [4.78, 5) is 17.8. The average Bonchev–Trinajstić information content (AvgIpc) is 2.94. The topological polar surface area (TPSA) is 59.4 Å². The van der Waals surface area contributed by atoms with Crippen LogP contribution < -0.4 is 10.2 Å². The number of halogens is 1. The molecular formula is C31H27FN4O. The van der Waals surface area contributed by atoms with Gasteiger partial charge in [-0.05, 0) is 71.3 Å². The van der Waals surface area contributed by atoms with E-state index in [0.717, 1.165) is 60.8 Å². The van der Waals surface area contributed by atoms with Crippen LogP contribution in [-0.4, -0.2) is 37.0 Å². The van der Waals surface area contributed by atoms with Gasteiger partial charge in [-0.3, -0.25) is 9.69 Å². The fourth-order valence-corrected chi connectivity index (χ4v) is 4.68. The third-order valence-corrected chi connectivity index (χ3v) is 6.65. The van der Waals surface area contributed by atoms with Crippen LogP contribution in [0.15, 0.2) is 97.1 Å². The number of nitriles is 1. The molecule has 5 nitrogen and oxygen atoms in total. The Morgan fingerprint density at radius 2 is 1.59 bits per heavy atom. The van der Waals surface area contributed by atoms with Gasteiger partial charge in [-0.2, -0.15) is 5.26 Å². The van der Waals surface area contributed by atoms with E-state index in [9.17, 15) is 9.18 Å². The van der Waals surface area contributed by atoms with E-state index in [1.807, 2.05) is 60.7 Å². The van der Waals surface area contributed by atoms with E-state index in [1.165, 1.54) is 12.1 Å². The Morgan fingerprint density at radius 3 is 2.32 bits per heavy atom. The lowest BCUT2D eigenvalue weighted by Gasteiger charge is -2.36. The predicted molar refractivity (Wildman–Crippen MR) is 145 cm³/mol. The zero-order chi connectivity index (χ0) is 25.6. The number of piperazine rings is 1. The second-order valence-corrected chi connectivity index (χ2v) is 9.13. The largest absolute Gasteiger partial charge is 0.369 e. The minimum atomic E-state index is -0.308. The smallest absolute Gasteiger partial charge is 0.256 e. The Hall–Kier alpha value is -4.47. The highest BCUT2D eigenvalue weighted by molar-refractivity contribution is 6.08. The van der Waals surface area contributed by atoms with Crippen LogP contribution in [0.5, 0.6) is 0 Å². The monoisotopic (exact) mass is 490 g/mol. The lowest BCUT2D eigenvalue weighted by atomic mass is 9.99. The van der Waals surface area contributed by atoms with Gasteiger partial charge in [0.2, 0.25) is 0 Å². The highest BCUT2D eigenvalue weighted by atomic mass is 19.1. The summed E-state index contributed by atoms with van der Waals surface area (Å²) >= 11 is 0. The Bertz CT molecular complexity index is 1420. The van der Waals surface area contributed by atoms with Gasteiger partial charge < -0.3 is 10.2 Å². The van der Waals surface area contributed by atoms with Crippen LogP contribution in [0.25, 0.3) is 11.1 Å². The molecule has 1 N–H and O–H groups in total. The molecule has 1 fully saturated rings. The maximum absolute atomic E-state index is 13.4. The fraction of sp³-hybridized carbons (Fsp3) is 0.161. The molecule has 1 aliphatic rings. The number of nitrogens with one attached hydrogen (secondary N) is 1. The molecule has 6 heteroatoms. The Morgan fingerprint density at radius 1 is 0.865 bits per heavy atom. The van der Waals surface area contributed by atoms with Crippen molar-refractivity contribution in [2.75, 3.05) is 36.4 Å². The van der Waals surface area contributed by atoms with Crippen LogP contribution in [0.3, 0.4) is 0 Å². The minimum absolute atomic E-state index is 0.207. The van der Waals surface area contributed by atoms with E-state index in [0.29, 0.717) is 11.1 Å². The highest BCUT2D eigenvalue weighted by Crippen LogP contribution is 2.26. The van der Waals surface area contributed by atoms with Crippen molar-refractivity contribution in [3.8, 4) is 17.2 Å². The Balaban J connectivity index is 1.19. The third kappa shape index (κ3) is 5.85. The van der Waals surface area contributed by atoms with Crippen molar-refractivity contribution >= 4 is 17.3 Å². The van der Waals surface area contributed by atoms with E-state index >= 15 is 0 Å². The van der Waals surface area contributed by atoms with Crippen molar-refractivity contribution < 1.29 is 9.18 Å². The van der Waals surface area contributed by atoms with Crippen LogP contribution in [-0.2, 0) is 6.54 Å². The quantitative estimate of drug-likeness (QED) is 0.364. The minimum Gasteiger partial charge on any atom is -0.369 e. The zero-order valence-corrected chi connectivity index (χ0v) is 20.4. The van der Waals surface area contributed by atoms with E-state index in [-0.39, 0.29) is 11.7 Å². The number of carbonyl (C=O) groups is 1. The van der Waals surface area contributed by atoms with Crippen molar-refractivity contribution in [2.45, 2.75) is 6.54 Å². The summed E-state index contributed by atoms with van der Waals surface area (Å²) in [5.74, 6) is -0.515. The van der Waals surface area contributed by atoms with Crippen LogP contribution in [0.2, 0.25) is 0 Å². The molecule has 1 aliphatic heterocycles. The van der Waals surface area contributed by atoms with Crippen LogP contribution in [0, 0.1) is 17.1 Å². The first-order valence-electron chi connectivity index (χ1n) is 12.3. The van der Waals surface area contributed by atoms with Gasteiger partial charge in [-0.15, -0.1) is 0 Å². The molecule has 4 aromatic carbocycles. The van der Waals surface area contributed by atoms with Gasteiger partial charge in [0.25, 0.3) is 5.91 Å². The van der Waals surface area contributed by atoms with E-state index in [2.05, 4.69) is 27.3 Å². The van der Waals surface area contributed by atoms with Gasteiger partial charge in [-0.25, -0.2) is 4.39 Å². The molecule has 0 atom stereocenters. The second kappa shape index (κ2) is 11.1. The molecule has 0 saturated carbocycles. The molecule has 5 rings (SSSR count). The number of hydrogen-bond donors (Lipinski definition) is 1. The molecule has 1 heterocycles. The molecule has 1 amide bonds. The Kier molecular flexibility index (Phi) is 7.25. The first-order valence-corrected chi connectivity index (χ1v) is 12.3. The molecule has 0 bridgehead atoms. The molecule has 184 valence electrons. The second-order valence-electron chi connectivity index (χ2n) is 9.13. The lowest BCUT2D eigenvalue weighted by molar-refractivity contribution is 0.102. The van der Waals surface area contributed by atoms with Crippen LogP contribution in [0.4, 0.5) is 15.8 Å². The van der Waals surface area contributed by atoms with Gasteiger partial charge >= 0.3 is 0 Å². The average molecular weight is 491 g/mol. The maximum atomic E-state index is 13.4. The van der Waals surface area contributed by atoms with Gasteiger partial charge in [0.1, 0.15) is 5.82 Å². The van der Waals surface area contributed by atoms with Crippen LogP contribution in [0.1, 0.15) is 21.5 Å². The number of nitrogens with zero attached hydrogens (tertiary/aromatic N) is 3. The summed E-state index contributed by atoms with van der Waals surface area (Å²) in [6.45, 7) is 4.54. The summed E-state index contributed by atoms with van der Waals surface area (Å²) in [7, 11) is 0. The van der Waals surface area contributed by atoms with Crippen molar-refractivity contribution in [3.05, 3.63) is 120 Å². The molecular weight excluding hydrogens is 463 g/mol. The van der Waals surface area contributed by atoms with Crippen molar-refractivity contribution in [1.82, 2.24) is 4.90 Å². The summed E-state index contributed by atoms with van der Waals surface area (Å²) in [6, 6.07) is 31.4. The molecule has 0 aromatic heterocycles. The summed E-state index contributed by atoms with van der Waals surface area (Å²) in [6.07, 6.45) is 0. The highest BCUT2D eigenvalue weighted by Gasteiger charge is 2.18. The fourth-order valence-electron chi connectivity index (χ4n) is 4.68. The van der Waals surface area contributed by atoms with Gasteiger partial charge in [0.05, 0.1) is 11.6 Å². The van der Waals surface area contributed by atoms with Gasteiger partial charge in [0.15, 0.2) is 0 Å². The van der Waals surface area contributed by atoms with Gasteiger partial charge in [-0.1, -0.05) is 42.5 Å². The number of anilines is 2. The number of amides is 1. The third-order valence-electron chi connectivity index (χ3n) is 6.65. The predicted octanol–water partition coefficient (Wildman–Crippen LogP) is 5.94. The SMILES string of the molecule is N#Cc1cccc(CN2CCN(c3ccc(NC(=O)c4ccccc4-c4ccc(F)cc4)cc3)CC2)c1. The Labute approximate surface area is 216 Å². The molecule has 0 aliphatic carbocycles. The molecule has 37 heavy (non-hydrogen) atoms. The molecule has 4 aromatic rings. The first kappa shape index (κ1) is 24.2. The number of hydrogen-bond acceptors (Lipinski definition) is 4. The van der Waals surface area contributed by atoms with Crippen molar-refractivity contribution in [2.24, 2.45) is 0 Å². The van der Waals surface area contributed by atoms with E-state index < -0.39 is 0 Å². The molecule has 1 saturated heterocycles. The molecule has 0 unspecified atom stereocenters. The number of rotatable bonds is 6. The number of carbonyl (C=O) groups excluding carboxylic acids is 1. The maximum Gasteiger partial charge on any atom is 0.256 e. The van der Waals surface area contributed by atoms with Gasteiger partial charge in [0, 0.05) is 49.7 Å². The number of benzene rings is 4. The molecule has 0 spiro atoms. The standard InChI is InChI=1S/C31H27FN4O/c32-26-10-8-25(9-11-26)29-6-1-2-7-30(29)31(37)34-27-12-14-28(15-13-27)36-18-16-35(17-19-36)22-24-5-3-4-23(20-24)21-33/h1-15,20H,16-19,22H2,(H,34,37). The van der Waals surface area contributed by atoms with E-state index in [1.54, 1.807) is 18.2 Å². The zero-order valence-electron chi connectivity index (χ0n) is 20.4. The summed E-state index contributed by atoms with van der Waals surface area (Å²) < 4.78 is 13.4. The van der Waals surface area contributed by atoms with E-state index in [4.69, 9.17) is 5.26 Å². The first-order chi connectivity index (χ1) is 18.1. The lowest BCUT2D eigenvalue weighted by Crippen LogP contribution is -2.45. The van der Waals surface area contributed by atoms with Crippen molar-refractivity contribution in [1.29, 1.82) is 5.26 Å².